The van der Waals surface area contributed by atoms with Crippen LogP contribution in [0.2, 0.25) is 5.02 Å². The summed E-state index contributed by atoms with van der Waals surface area (Å²) in [5, 5.41) is 0.577. The molecule has 5 rings (SSSR count). The Morgan fingerprint density at radius 3 is 2.48 bits per heavy atom. The Morgan fingerprint density at radius 2 is 1.74 bits per heavy atom. The number of carbonyl (C=O) groups excluding carboxylic acids is 2. The van der Waals surface area contributed by atoms with Gasteiger partial charge in [0.2, 0.25) is 0 Å². The van der Waals surface area contributed by atoms with Crippen molar-refractivity contribution < 1.29 is 9.59 Å². The van der Waals surface area contributed by atoms with Crippen LogP contribution in [0.1, 0.15) is 27.0 Å². The first kappa shape index (κ1) is 20.2. The van der Waals surface area contributed by atoms with Crippen LogP contribution in [0.15, 0.2) is 72.8 Å². The summed E-state index contributed by atoms with van der Waals surface area (Å²) in [6.45, 7) is 3.04. The first-order valence-corrected chi connectivity index (χ1v) is 11.6. The number of rotatable bonds is 3. The number of halogens is 1. The fraction of sp³-hybridized carbons (Fsp3) is 0.200. The van der Waals surface area contributed by atoms with Crippen molar-refractivity contribution in [1.29, 1.82) is 0 Å². The Bertz CT molecular complexity index is 1160. The van der Waals surface area contributed by atoms with Crippen LogP contribution in [-0.2, 0) is 16.2 Å². The average molecular weight is 449 g/mol. The topological polar surface area (TPSA) is 40.6 Å². The van der Waals surface area contributed by atoms with Crippen LogP contribution in [-0.4, -0.2) is 29.0 Å². The van der Waals surface area contributed by atoms with Crippen LogP contribution < -0.4 is 4.90 Å². The third-order valence-corrected chi connectivity index (χ3v) is 7.57. The van der Waals surface area contributed by atoms with Crippen LogP contribution in [0.25, 0.3) is 0 Å². The van der Waals surface area contributed by atoms with Crippen LogP contribution in [0.4, 0.5) is 5.69 Å². The third-order valence-electron chi connectivity index (χ3n) is 5.90. The summed E-state index contributed by atoms with van der Waals surface area (Å²) >= 11 is 7.54. The van der Waals surface area contributed by atoms with E-state index in [9.17, 15) is 9.59 Å². The van der Waals surface area contributed by atoms with Crippen LogP contribution in [0.3, 0.4) is 0 Å². The minimum atomic E-state index is -1.03. The molecule has 0 saturated carbocycles. The zero-order valence-corrected chi connectivity index (χ0v) is 18.6. The second-order valence-corrected chi connectivity index (χ2v) is 9.57. The molecule has 2 aliphatic heterocycles. The predicted molar refractivity (Wildman–Crippen MR) is 125 cm³/mol. The van der Waals surface area contributed by atoms with Crippen molar-refractivity contribution in [3.63, 3.8) is 0 Å². The lowest BCUT2D eigenvalue weighted by Crippen LogP contribution is -2.50. The van der Waals surface area contributed by atoms with E-state index in [1.54, 1.807) is 40.9 Å². The van der Waals surface area contributed by atoms with Gasteiger partial charge in [0, 0.05) is 28.4 Å². The van der Waals surface area contributed by atoms with E-state index < -0.39 is 4.87 Å². The van der Waals surface area contributed by atoms with Crippen molar-refractivity contribution in [2.45, 2.75) is 18.3 Å². The van der Waals surface area contributed by atoms with Crippen molar-refractivity contribution in [3.05, 3.63) is 100 Å². The number of amides is 2. The van der Waals surface area contributed by atoms with Gasteiger partial charge in [0.15, 0.2) is 4.87 Å². The van der Waals surface area contributed by atoms with E-state index in [0.29, 0.717) is 29.4 Å². The first-order chi connectivity index (χ1) is 15.0. The highest BCUT2D eigenvalue weighted by atomic mass is 35.5. The molecule has 3 aromatic carbocycles. The molecule has 4 nitrogen and oxygen atoms in total. The number of carbonyl (C=O) groups is 2. The largest absolute Gasteiger partial charge is 0.311 e. The summed E-state index contributed by atoms with van der Waals surface area (Å²) in [4.78, 5) is 29.9. The Morgan fingerprint density at radius 1 is 1.03 bits per heavy atom. The van der Waals surface area contributed by atoms with Crippen molar-refractivity contribution in [2.75, 3.05) is 17.2 Å². The van der Waals surface area contributed by atoms with Gasteiger partial charge in [0.1, 0.15) is 0 Å². The van der Waals surface area contributed by atoms with Crippen LogP contribution in [0, 0.1) is 6.92 Å². The van der Waals surface area contributed by atoms with Gasteiger partial charge in [-0.15, -0.1) is 11.8 Å². The van der Waals surface area contributed by atoms with Crippen molar-refractivity contribution >= 4 is 40.9 Å². The average Bonchev–Trinajstić information content (AvgIpc) is 3.33. The molecule has 156 valence electrons. The van der Waals surface area contributed by atoms with E-state index >= 15 is 0 Å². The molecule has 1 spiro atoms. The second kappa shape index (κ2) is 7.74. The van der Waals surface area contributed by atoms with E-state index in [1.165, 1.54) is 5.56 Å². The lowest BCUT2D eigenvalue weighted by Gasteiger charge is -2.33. The fourth-order valence-corrected chi connectivity index (χ4v) is 5.94. The first-order valence-electron chi connectivity index (χ1n) is 10.2. The lowest BCUT2D eigenvalue weighted by molar-refractivity contribution is -0.123. The molecule has 1 atom stereocenters. The van der Waals surface area contributed by atoms with E-state index in [0.717, 1.165) is 16.8 Å². The predicted octanol–water partition coefficient (Wildman–Crippen LogP) is 5.24. The summed E-state index contributed by atoms with van der Waals surface area (Å²) in [7, 11) is 0. The molecule has 0 aliphatic carbocycles. The fourth-order valence-electron chi connectivity index (χ4n) is 4.35. The molecule has 2 amide bonds. The maximum Gasteiger partial charge on any atom is 0.268 e. The monoisotopic (exact) mass is 448 g/mol. The SMILES string of the molecule is Cc1ccc(CN2C(=O)[C@@]3(SCCN3C(=O)c3ccc(Cl)cc3)c3ccccc32)cc1. The van der Waals surface area contributed by atoms with E-state index in [4.69, 9.17) is 11.6 Å². The standard InChI is InChI=1S/C25H21ClN2O2S/c1-17-6-8-18(9-7-17)16-27-22-5-3-2-4-21(22)25(24(27)30)28(14-15-31-25)23(29)19-10-12-20(26)13-11-19/h2-13H,14-16H2,1H3/t25-/m0/s1. The van der Waals surface area contributed by atoms with Gasteiger partial charge in [-0.25, -0.2) is 0 Å². The molecule has 0 aromatic heterocycles. The Balaban J connectivity index is 1.56. The Hall–Kier alpha value is -2.76. The highest BCUT2D eigenvalue weighted by Gasteiger charge is 2.59. The molecule has 31 heavy (non-hydrogen) atoms. The summed E-state index contributed by atoms with van der Waals surface area (Å²) in [5.41, 5.74) is 4.53. The molecule has 0 bridgehead atoms. The van der Waals surface area contributed by atoms with E-state index in [2.05, 4.69) is 24.3 Å². The normalized spacial score (nSPS) is 19.9. The minimum absolute atomic E-state index is 0.0564. The smallest absolute Gasteiger partial charge is 0.268 e. The maximum atomic E-state index is 13.9. The number of para-hydroxylation sites is 1. The van der Waals surface area contributed by atoms with Crippen molar-refractivity contribution in [2.24, 2.45) is 0 Å². The van der Waals surface area contributed by atoms with Gasteiger partial charge < -0.3 is 9.80 Å². The van der Waals surface area contributed by atoms with Crippen LogP contribution in [0.5, 0.6) is 0 Å². The molecule has 6 heteroatoms. The molecule has 2 aliphatic rings. The number of nitrogens with zero attached hydrogens (tertiary/aromatic N) is 2. The molecular weight excluding hydrogens is 428 g/mol. The molecular formula is C25H21ClN2O2S. The van der Waals surface area contributed by atoms with Gasteiger partial charge >= 0.3 is 0 Å². The Kier molecular flexibility index (Phi) is 5.03. The molecule has 3 aromatic rings. The highest BCUT2D eigenvalue weighted by Crippen LogP contribution is 2.54. The van der Waals surface area contributed by atoms with Gasteiger partial charge in [0.25, 0.3) is 11.8 Å². The number of aryl methyl sites for hydroxylation is 1. The zero-order chi connectivity index (χ0) is 21.6. The van der Waals surface area contributed by atoms with E-state index in [-0.39, 0.29) is 11.8 Å². The quantitative estimate of drug-likeness (QED) is 0.550. The molecule has 0 N–H and O–H groups in total. The number of hydrogen-bond donors (Lipinski definition) is 0. The molecule has 0 radical (unpaired) electrons. The summed E-state index contributed by atoms with van der Waals surface area (Å²) in [6, 6.07) is 22.9. The number of fused-ring (bicyclic) bond motifs is 2. The van der Waals surface area contributed by atoms with Gasteiger partial charge in [-0.05, 0) is 42.8 Å². The molecule has 0 unspecified atom stereocenters. The lowest BCUT2D eigenvalue weighted by atomic mass is 10.0. The van der Waals surface area contributed by atoms with Gasteiger partial charge in [-0.2, -0.15) is 0 Å². The van der Waals surface area contributed by atoms with Gasteiger partial charge in [-0.3, -0.25) is 9.59 Å². The summed E-state index contributed by atoms with van der Waals surface area (Å²) < 4.78 is 0. The molecule has 2 heterocycles. The van der Waals surface area contributed by atoms with Crippen molar-refractivity contribution in [3.8, 4) is 0 Å². The summed E-state index contributed by atoms with van der Waals surface area (Å²) in [6.07, 6.45) is 0. The van der Waals surface area contributed by atoms with Crippen molar-refractivity contribution in [1.82, 2.24) is 4.90 Å². The van der Waals surface area contributed by atoms with Crippen LogP contribution >= 0.6 is 23.4 Å². The van der Waals surface area contributed by atoms with Gasteiger partial charge in [0.05, 0.1) is 12.2 Å². The van der Waals surface area contributed by atoms with E-state index in [1.807, 2.05) is 36.1 Å². The molecule has 1 fully saturated rings. The minimum Gasteiger partial charge on any atom is -0.311 e. The number of benzene rings is 3. The Labute approximate surface area is 190 Å². The molecule has 1 saturated heterocycles. The van der Waals surface area contributed by atoms with Gasteiger partial charge in [-0.1, -0.05) is 59.6 Å². The summed E-state index contributed by atoms with van der Waals surface area (Å²) in [5.74, 6) is 0.499. The number of hydrogen-bond acceptors (Lipinski definition) is 3. The maximum absolute atomic E-state index is 13.9. The second-order valence-electron chi connectivity index (χ2n) is 7.85. The third kappa shape index (κ3) is 3.24. The number of anilines is 1. The number of thioether (sulfide) groups is 1. The highest BCUT2D eigenvalue weighted by molar-refractivity contribution is 8.01. The zero-order valence-electron chi connectivity index (χ0n) is 17.0.